The zero-order valence-corrected chi connectivity index (χ0v) is 12.7. The number of rotatable bonds is 2. The van der Waals surface area contributed by atoms with Crippen LogP contribution in [0.5, 0.6) is 0 Å². The van der Waals surface area contributed by atoms with Gasteiger partial charge in [-0.25, -0.2) is 8.93 Å². The van der Waals surface area contributed by atoms with E-state index in [0.717, 1.165) is 11.1 Å². The summed E-state index contributed by atoms with van der Waals surface area (Å²) in [4.78, 5) is 12.1. The zero-order valence-electron chi connectivity index (χ0n) is 11.9. The molecule has 3 rings (SSSR count). The van der Waals surface area contributed by atoms with Crippen LogP contribution in [0.4, 0.5) is 0 Å². The van der Waals surface area contributed by atoms with Crippen molar-refractivity contribution in [2.75, 3.05) is 0 Å². The van der Waals surface area contributed by atoms with Gasteiger partial charge in [0.2, 0.25) is 0 Å². The molecule has 0 aliphatic carbocycles. The molecule has 0 saturated carbocycles. The molecular weight excluding hydrogens is 284 g/mol. The summed E-state index contributed by atoms with van der Waals surface area (Å²) in [5, 5.41) is 0. The Morgan fingerprint density at radius 2 is 1.81 bits per heavy atom. The predicted molar refractivity (Wildman–Crippen MR) is 83.1 cm³/mol. The quantitative estimate of drug-likeness (QED) is 0.927. The number of benzene rings is 2. The molecule has 2 aromatic carbocycles. The lowest BCUT2D eigenvalue weighted by molar-refractivity contribution is -0.118. The summed E-state index contributed by atoms with van der Waals surface area (Å²) >= 11 is 0. The number of amides is 1. The SMILES string of the molecule is Cc1ccc(-c2cccc(S3(=O)=NC(=O)[C@H](C)N3)c2)cc1. The van der Waals surface area contributed by atoms with E-state index in [1.807, 2.05) is 49.4 Å². The molecular formula is C16H16N2O2S. The Balaban J connectivity index is 2.06. The standard InChI is InChI=1S/C16H16N2O2S/c1-11-6-8-13(9-7-11)14-4-3-5-15(10-14)21(20)17-12(2)16(19)18-21/h3-10,12H,1-2H3,(H,17,18,19,20)/t12-,21?/m0/s1. The minimum Gasteiger partial charge on any atom is -0.270 e. The molecule has 0 radical (unpaired) electrons. The van der Waals surface area contributed by atoms with Gasteiger partial charge >= 0.3 is 0 Å². The number of nitrogens with one attached hydrogen (secondary N) is 1. The predicted octanol–water partition coefficient (Wildman–Crippen LogP) is 2.92. The van der Waals surface area contributed by atoms with Crippen molar-refractivity contribution < 1.29 is 9.00 Å². The minimum atomic E-state index is -2.84. The summed E-state index contributed by atoms with van der Waals surface area (Å²) < 4.78 is 19.3. The maximum absolute atomic E-state index is 12.7. The van der Waals surface area contributed by atoms with Gasteiger partial charge < -0.3 is 0 Å². The molecule has 5 heteroatoms. The first kappa shape index (κ1) is 14.0. The normalized spacial score (nSPS) is 24.9. The van der Waals surface area contributed by atoms with Crippen LogP contribution in [0.3, 0.4) is 0 Å². The second-order valence-electron chi connectivity index (χ2n) is 5.19. The van der Waals surface area contributed by atoms with Crippen LogP contribution in [0.1, 0.15) is 12.5 Å². The van der Waals surface area contributed by atoms with Crippen molar-refractivity contribution >= 4 is 15.8 Å². The molecule has 1 N–H and O–H groups in total. The highest BCUT2D eigenvalue weighted by Crippen LogP contribution is 2.25. The van der Waals surface area contributed by atoms with Gasteiger partial charge in [-0.05, 0) is 37.1 Å². The Hall–Kier alpha value is -1.98. The summed E-state index contributed by atoms with van der Waals surface area (Å²) in [5.41, 5.74) is 3.19. The molecule has 2 aromatic rings. The number of carbonyl (C=O) groups excluding carboxylic acids is 1. The Kier molecular flexibility index (Phi) is 3.39. The number of hydrogen-bond acceptors (Lipinski definition) is 2. The molecule has 1 aliphatic rings. The highest BCUT2D eigenvalue weighted by atomic mass is 32.2. The Morgan fingerprint density at radius 1 is 1.10 bits per heavy atom. The first-order chi connectivity index (χ1) is 9.98. The lowest BCUT2D eigenvalue weighted by Crippen LogP contribution is -2.29. The van der Waals surface area contributed by atoms with Crippen molar-refractivity contribution in [3.63, 3.8) is 0 Å². The minimum absolute atomic E-state index is 0.360. The van der Waals surface area contributed by atoms with Gasteiger partial charge in [-0.3, -0.25) is 4.79 Å². The van der Waals surface area contributed by atoms with Crippen molar-refractivity contribution in [1.82, 2.24) is 4.72 Å². The van der Waals surface area contributed by atoms with Crippen LogP contribution < -0.4 is 4.72 Å². The highest BCUT2D eigenvalue weighted by Gasteiger charge is 2.29. The van der Waals surface area contributed by atoms with Crippen LogP contribution in [0, 0.1) is 6.92 Å². The number of nitrogens with zero attached hydrogens (tertiary/aromatic N) is 1. The molecule has 1 unspecified atom stereocenters. The summed E-state index contributed by atoms with van der Waals surface area (Å²) in [6.45, 7) is 3.70. The van der Waals surface area contributed by atoms with Gasteiger partial charge in [-0.1, -0.05) is 42.0 Å². The molecule has 4 nitrogen and oxygen atoms in total. The number of hydrogen-bond donors (Lipinski definition) is 1. The van der Waals surface area contributed by atoms with Crippen LogP contribution in [0.15, 0.2) is 57.8 Å². The van der Waals surface area contributed by atoms with E-state index < -0.39 is 16.0 Å². The van der Waals surface area contributed by atoms with E-state index in [-0.39, 0.29) is 5.91 Å². The fourth-order valence-corrected chi connectivity index (χ4v) is 4.07. The van der Waals surface area contributed by atoms with Crippen molar-refractivity contribution in [3.05, 3.63) is 54.1 Å². The third-order valence-corrected chi connectivity index (χ3v) is 5.47. The Bertz CT molecular complexity index is 818. The number of aryl methyl sites for hydroxylation is 1. The van der Waals surface area contributed by atoms with E-state index in [9.17, 15) is 9.00 Å². The smallest absolute Gasteiger partial charge is 0.270 e. The van der Waals surface area contributed by atoms with E-state index in [1.54, 1.807) is 13.0 Å². The van der Waals surface area contributed by atoms with E-state index in [4.69, 9.17) is 0 Å². The van der Waals surface area contributed by atoms with Crippen molar-refractivity contribution in [2.45, 2.75) is 24.8 Å². The van der Waals surface area contributed by atoms with Crippen LogP contribution in [0.25, 0.3) is 11.1 Å². The fraction of sp³-hybridized carbons (Fsp3) is 0.188. The molecule has 1 aliphatic heterocycles. The topological polar surface area (TPSA) is 58.5 Å². The molecule has 1 heterocycles. The Labute approximate surface area is 124 Å². The lowest BCUT2D eigenvalue weighted by atomic mass is 10.0. The van der Waals surface area contributed by atoms with Gasteiger partial charge in [0, 0.05) is 0 Å². The largest absolute Gasteiger partial charge is 0.272 e. The Morgan fingerprint density at radius 3 is 2.43 bits per heavy atom. The van der Waals surface area contributed by atoms with Gasteiger partial charge in [0.05, 0.1) is 10.9 Å². The van der Waals surface area contributed by atoms with Gasteiger partial charge in [-0.2, -0.15) is 0 Å². The molecule has 0 saturated heterocycles. The first-order valence-electron chi connectivity index (χ1n) is 6.73. The van der Waals surface area contributed by atoms with Crippen molar-refractivity contribution in [2.24, 2.45) is 4.36 Å². The summed E-state index contributed by atoms with van der Waals surface area (Å²) in [7, 11) is -2.84. The van der Waals surface area contributed by atoms with Gasteiger partial charge in [0.1, 0.15) is 9.92 Å². The average Bonchev–Trinajstić information content (AvgIpc) is 2.74. The molecule has 0 fully saturated rings. The fourth-order valence-electron chi connectivity index (χ4n) is 2.24. The van der Waals surface area contributed by atoms with E-state index in [0.29, 0.717) is 4.90 Å². The van der Waals surface area contributed by atoms with Gasteiger partial charge in [0.15, 0.2) is 0 Å². The summed E-state index contributed by atoms with van der Waals surface area (Å²) in [6.07, 6.45) is 0. The van der Waals surface area contributed by atoms with Gasteiger partial charge in [-0.15, -0.1) is 4.36 Å². The van der Waals surface area contributed by atoms with Crippen LogP contribution >= 0.6 is 0 Å². The van der Waals surface area contributed by atoms with Crippen molar-refractivity contribution in [3.8, 4) is 11.1 Å². The van der Waals surface area contributed by atoms with Gasteiger partial charge in [0.25, 0.3) is 5.91 Å². The third kappa shape index (κ3) is 2.62. The molecule has 21 heavy (non-hydrogen) atoms. The maximum atomic E-state index is 12.7. The molecule has 0 spiro atoms. The maximum Gasteiger partial charge on any atom is 0.272 e. The molecule has 0 aromatic heterocycles. The molecule has 1 amide bonds. The second-order valence-corrected chi connectivity index (χ2v) is 7.13. The molecule has 0 bridgehead atoms. The monoisotopic (exact) mass is 300 g/mol. The zero-order chi connectivity index (χ0) is 15.0. The average molecular weight is 300 g/mol. The summed E-state index contributed by atoms with van der Waals surface area (Å²) in [6, 6.07) is 15.0. The van der Waals surface area contributed by atoms with E-state index >= 15 is 0 Å². The van der Waals surface area contributed by atoms with E-state index in [2.05, 4.69) is 9.08 Å². The lowest BCUT2D eigenvalue weighted by Gasteiger charge is -2.09. The number of carbonyl (C=O) groups is 1. The molecule has 108 valence electrons. The second kappa shape index (κ2) is 5.09. The molecule has 2 atom stereocenters. The third-order valence-electron chi connectivity index (χ3n) is 3.46. The summed E-state index contributed by atoms with van der Waals surface area (Å²) in [5.74, 6) is -0.360. The van der Waals surface area contributed by atoms with Crippen LogP contribution in [0.2, 0.25) is 0 Å². The highest BCUT2D eigenvalue weighted by molar-refractivity contribution is 7.92. The van der Waals surface area contributed by atoms with E-state index in [1.165, 1.54) is 5.56 Å². The van der Waals surface area contributed by atoms with Crippen LogP contribution in [-0.4, -0.2) is 16.2 Å². The first-order valence-corrected chi connectivity index (χ1v) is 8.25. The van der Waals surface area contributed by atoms with Crippen LogP contribution in [-0.2, 0) is 14.7 Å². The van der Waals surface area contributed by atoms with Crippen molar-refractivity contribution in [1.29, 1.82) is 0 Å².